The lowest BCUT2D eigenvalue weighted by Crippen LogP contribution is -3.17. The largest absolute Gasteiger partial charge is 0.466 e. The molecule has 23 heavy (non-hydrogen) atoms. The highest BCUT2D eigenvalue weighted by atomic mass is 16.5. The Morgan fingerprint density at radius 1 is 1.30 bits per heavy atom. The molecule has 0 radical (unpaired) electrons. The SMILES string of the molecule is CCOC(=O)C1CC[NH+]([C@@H](C)C(=O)Nc2ccccc2C)CC1. The molecule has 1 amide bonds. The van der Waals surface area contributed by atoms with Gasteiger partial charge in [-0.1, -0.05) is 18.2 Å². The molecular weight excluding hydrogens is 292 g/mol. The Bertz CT molecular complexity index is 551. The molecule has 5 nitrogen and oxygen atoms in total. The molecule has 0 saturated carbocycles. The Labute approximate surface area is 138 Å². The van der Waals surface area contributed by atoms with Crippen LogP contribution >= 0.6 is 0 Å². The molecule has 1 atom stereocenters. The van der Waals surface area contributed by atoms with E-state index in [4.69, 9.17) is 4.74 Å². The van der Waals surface area contributed by atoms with Gasteiger partial charge in [0.1, 0.15) is 0 Å². The van der Waals surface area contributed by atoms with Crippen molar-refractivity contribution in [2.75, 3.05) is 25.0 Å². The van der Waals surface area contributed by atoms with Gasteiger partial charge in [-0.15, -0.1) is 0 Å². The zero-order valence-electron chi connectivity index (χ0n) is 14.2. The Balaban J connectivity index is 1.87. The number of carbonyl (C=O) groups excluding carboxylic acids is 2. The number of carbonyl (C=O) groups is 2. The van der Waals surface area contributed by atoms with E-state index in [1.54, 1.807) is 0 Å². The first kappa shape index (κ1) is 17.5. The summed E-state index contributed by atoms with van der Waals surface area (Å²) in [6.45, 7) is 7.85. The van der Waals surface area contributed by atoms with Crippen molar-refractivity contribution < 1.29 is 19.2 Å². The Kier molecular flexibility index (Phi) is 6.16. The number of benzene rings is 1. The van der Waals surface area contributed by atoms with Crippen LogP contribution in [0.2, 0.25) is 0 Å². The number of esters is 1. The molecule has 1 saturated heterocycles. The van der Waals surface area contributed by atoms with Gasteiger partial charge in [-0.2, -0.15) is 0 Å². The number of nitrogens with one attached hydrogen (secondary N) is 2. The fraction of sp³-hybridized carbons (Fsp3) is 0.556. The van der Waals surface area contributed by atoms with E-state index >= 15 is 0 Å². The highest BCUT2D eigenvalue weighted by Crippen LogP contribution is 2.14. The number of anilines is 1. The molecule has 1 aromatic carbocycles. The van der Waals surface area contributed by atoms with Gasteiger partial charge in [-0.05, 0) is 32.4 Å². The van der Waals surface area contributed by atoms with Crippen LogP contribution in [0.4, 0.5) is 5.69 Å². The van der Waals surface area contributed by atoms with Crippen molar-refractivity contribution in [3.8, 4) is 0 Å². The van der Waals surface area contributed by atoms with E-state index in [1.807, 2.05) is 45.0 Å². The highest BCUT2D eigenvalue weighted by Gasteiger charge is 2.33. The second kappa shape index (κ2) is 8.11. The highest BCUT2D eigenvalue weighted by molar-refractivity contribution is 5.94. The van der Waals surface area contributed by atoms with Crippen LogP contribution in [-0.2, 0) is 14.3 Å². The first-order valence-corrected chi connectivity index (χ1v) is 8.40. The van der Waals surface area contributed by atoms with Gasteiger partial charge in [0.25, 0.3) is 5.91 Å². The standard InChI is InChI=1S/C18H26N2O3/c1-4-23-18(22)15-9-11-20(12-10-15)14(3)17(21)19-16-8-6-5-7-13(16)2/h5-8,14-15H,4,9-12H2,1-3H3,(H,19,21)/p+1/t14-/m0/s1. The quantitative estimate of drug-likeness (QED) is 0.801. The molecule has 0 bridgehead atoms. The third kappa shape index (κ3) is 4.55. The van der Waals surface area contributed by atoms with E-state index in [1.165, 1.54) is 4.90 Å². The predicted molar refractivity (Wildman–Crippen MR) is 89.3 cm³/mol. The predicted octanol–water partition coefficient (Wildman–Crippen LogP) is 1.18. The van der Waals surface area contributed by atoms with E-state index in [0.29, 0.717) is 6.61 Å². The molecule has 1 aliphatic heterocycles. The minimum Gasteiger partial charge on any atom is -0.466 e. The molecule has 0 unspecified atom stereocenters. The zero-order valence-corrected chi connectivity index (χ0v) is 14.2. The van der Waals surface area contributed by atoms with E-state index in [0.717, 1.165) is 37.2 Å². The Morgan fingerprint density at radius 2 is 1.96 bits per heavy atom. The van der Waals surface area contributed by atoms with Crippen molar-refractivity contribution in [1.29, 1.82) is 0 Å². The molecule has 5 heteroatoms. The van der Waals surface area contributed by atoms with Gasteiger partial charge in [0, 0.05) is 18.5 Å². The maximum Gasteiger partial charge on any atom is 0.309 e. The number of rotatable bonds is 5. The lowest BCUT2D eigenvalue weighted by molar-refractivity contribution is -0.919. The molecule has 0 aliphatic carbocycles. The zero-order chi connectivity index (χ0) is 16.8. The van der Waals surface area contributed by atoms with Crippen LogP contribution in [0.25, 0.3) is 0 Å². The average Bonchev–Trinajstić information content (AvgIpc) is 2.56. The minimum absolute atomic E-state index is 0.00895. The van der Waals surface area contributed by atoms with Crippen molar-refractivity contribution in [2.45, 2.75) is 39.7 Å². The first-order chi connectivity index (χ1) is 11.0. The van der Waals surface area contributed by atoms with Crippen molar-refractivity contribution >= 4 is 17.6 Å². The number of para-hydroxylation sites is 1. The summed E-state index contributed by atoms with van der Waals surface area (Å²) in [5.74, 6) is -0.0715. The molecule has 2 N–H and O–H groups in total. The first-order valence-electron chi connectivity index (χ1n) is 8.40. The minimum atomic E-state index is -0.127. The molecule has 1 aromatic rings. The summed E-state index contributed by atoms with van der Waals surface area (Å²) in [5.41, 5.74) is 1.93. The van der Waals surface area contributed by atoms with Crippen molar-refractivity contribution in [3.63, 3.8) is 0 Å². The fourth-order valence-electron chi connectivity index (χ4n) is 3.06. The van der Waals surface area contributed by atoms with E-state index in [2.05, 4.69) is 5.32 Å². The van der Waals surface area contributed by atoms with Crippen molar-refractivity contribution in [1.82, 2.24) is 0 Å². The fourth-order valence-corrected chi connectivity index (χ4v) is 3.06. The summed E-state index contributed by atoms with van der Waals surface area (Å²) < 4.78 is 5.09. The second-order valence-electron chi connectivity index (χ2n) is 6.21. The number of aryl methyl sites for hydroxylation is 1. The molecule has 0 spiro atoms. The van der Waals surface area contributed by atoms with Gasteiger partial charge < -0.3 is 15.0 Å². The van der Waals surface area contributed by atoms with Gasteiger partial charge >= 0.3 is 5.97 Å². The lowest BCUT2D eigenvalue weighted by atomic mass is 9.96. The molecule has 126 valence electrons. The van der Waals surface area contributed by atoms with Gasteiger partial charge in [-0.3, -0.25) is 9.59 Å². The molecular formula is C18H27N2O3+. The van der Waals surface area contributed by atoms with Crippen LogP contribution < -0.4 is 10.2 Å². The summed E-state index contributed by atoms with van der Waals surface area (Å²) in [6.07, 6.45) is 1.58. The number of quaternary nitrogens is 1. The summed E-state index contributed by atoms with van der Waals surface area (Å²) in [7, 11) is 0. The Morgan fingerprint density at radius 3 is 2.57 bits per heavy atom. The van der Waals surface area contributed by atoms with Crippen LogP contribution in [0.3, 0.4) is 0 Å². The van der Waals surface area contributed by atoms with Gasteiger partial charge in [0.05, 0.1) is 25.6 Å². The number of hydrogen-bond acceptors (Lipinski definition) is 3. The number of likely N-dealkylation sites (tertiary alicyclic amines) is 1. The van der Waals surface area contributed by atoms with Crippen molar-refractivity contribution in [3.05, 3.63) is 29.8 Å². The third-order valence-electron chi connectivity index (χ3n) is 4.66. The number of amides is 1. The summed E-state index contributed by atoms with van der Waals surface area (Å²) in [6, 6.07) is 7.66. The van der Waals surface area contributed by atoms with Crippen LogP contribution in [0.1, 0.15) is 32.3 Å². The summed E-state index contributed by atoms with van der Waals surface area (Å²) >= 11 is 0. The van der Waals surface area contributed by atoms with Crippen molar-refractivity contribution in [2.24, 2.45) is 5.92 Å². The van der Waals surface area contributed by atoms with Gasteiger partial charge in [0.2, 0.25) is 0 Å². The monoisotopic (exact) mass is 319 g/mol. The topological polar surface area (TPSA) is 59.8 Å². The van der Waals surface area contributed by atoms with E-state index < -0.39 is 0 Å². The summed E-state index contributed by atoms with van der Waals surface area (Å²) in [4.78, 5) is 25.5. The maximum absolute atomic E-state index is 12.5. The number of hydrogen-bond donors (Lipinski definition) is 2. The van der Waals surface area contributed by atoms with Gasteiger partial charge in [0.15, 0.2) is 6.04 Å². The van der Waals surface area contributed by atoms with E-state index in [-0.39, 0.29) is 23.8 Å². The lowest BCUT2D eigenvalue weighted by Gasteiger charge is -2.31. The molecule has 1 aliphatic rings. The molecule has 1 heterocycles. The van der Waals surface area contributed by atoms with Crippen LogP contribution in [0.15, 0.2) is 24.3 Å². The number of ether oxygens (including phenoxy) is 1. The van der Waals surface area contributed by atoms with E-state index in [9.17, 15) is 9.59 Å². The van der Waals surface area contributed by atoms with Gasteiger partial charge in [-0.25, -0.2) is 0 Å². The van der Waals surface area contributed by atoms with Crippen LogP contribution in [0, 0.1) is 12.8 Å². The van der Waals surface area contributed by atoms with Crippen LogP contribution in [0.5, 0.6) is 0 Å². The smallest absolute Gasteiger partial charge is 0.309 e. The summed E-state index contributed by atoms with van der Waals surface area (Å²) in [5, 5.41) is 3.01. The molecule has 2 rings (SSSR count). The third-order valence-corrected chi connectivity index (χ3v) is 4.66. The molecule has 0 aromatic heterocycles. The van der Waals surface area contributed by atoms with Crippen LogP contribution in [-0.4, -0.2) is 37.6 Å². The second-order valence-corrected chi connectivity index (χ2v) is 6.21. The normalized spacial score (nSPS) is 22.2. The average molecular weight is 319 g/mol. The number of piperidine rings is 1. The maximum atomic E-state index is 12.5. The Hall–Kier alpha value is -1.88. The molecule has 1 fully saturated rings.